The van der Waals surface area contributed by atoms with Crippen LogP contribution in [-0.2, 0) is 23.8 Å². The smallest absolute Gasteiger partial charge is 0.377 e. The molecule has 7 nitrogen and oxygen atoms in total. The molecule has 196 valence electrons. The SMILES string of the molecule is CC(F)(F)C(=O)OC1(C)C2CC3CC1CC(OCC(=O)OC14CC5CC(O)(CC(O)(C5)C1)C4)(C3)C2. The fourth-order valence-corrected chi connectivity index (χ4v) is 9.59. The number of rotatable bonds is 6. The van der Waals surface area contributed by atoms with Gasteiger partial charge in [-0.1, -0.05) is 0 Å². The Hall–Kier alpha value is -1.32. The summed E-state index contributed by atoms with van der Waals surface area (Å²) in [4.78, 5) is 25.0. The highest BCUT2D eigenvalue weighted by Gasteiger charge is 2.66. The van der Waals surface area contributed by atoms with Crippen molar-refractivity contribution in [1.29, 1.82) is 0 Å². The summed E-state index contributed by atoms with van der Waals surface area (Å²) in [6, 6.07) is 0. The van der Waals surface area contributed by atoms with E-state index in [1.165, 1.54) is 0 Å². The normalized spacial score (nSPS) is 51.5. The molecule has 0 spiro atoms. The Morgan fingerprint density at radius 3 is 1.97 bits per heavy atom. The van der Waals surface area contributed by atoms with Crippen molar-refractivity contribution in [3.63, 3.8) is 0 Å². The Bertz CT molecular complexity index is 910. The highest BCUT2D eigenvalue weighted by atomic mass is 19.3. The lowest BCUT2D eigenvalue weighted by molar-refractivity contribution is -0.269. The van der Waals surface area contributed by atoms with Gasteiger partial charge in [0.15, 0.2) is 0 Å². The summed E-state index contributed by atoms with van der Waals surface area (Å²) in [5, 5.41) is 21.9. The van der Waals surface area contributed by atoms with Gasteiger partial charge < -0.3 is 24.4 Å². The Balaban J connectivity index is 1.11. The van der Waals surface area contributed by atoms with Gasteiger partial charge in [0.05, 0.1) is 16.8 Å². The van der Waals surface area contributed by atoms with Crippen LogP contribution in [0.1, 0.15) is 84.5 Å². The van der Waals surface area contributed by atoms with Gasteiger partial charge in [0.25, 0.3) is 0 Å². The van der Waals surface area contributed by atoms with Gasteiger partial charge in [0.2, 0.25) is 0 Å². The molecule has 0 radical (unpaired) electrons. The zero-order chi connectivity index (χ0) is 25.1. The number of carbonyl (C=O) groups excluding carboxylic acids is 2. The molecule has 0 heterocycles. The molecule has 8 fully saturated rings. The van der Waals surface area contributed by atoms with Gasteiger partial charge in [0, 0.05) is 38.0 Å². The van der Waals surface area contributed by atoms with Crippen molar-refractivity contribution in [3.05, 3.63) is 0 Å². The highest BCUT2D eigenvalue weighted by molar-refractivity contribution is 5.77. The third kappa shape index (κ3) is 3.91. The lowest BCUT2D eigenvalue weighted by Gasteiger charge is -2.63. The number of carbonyl (C=O) groups is 2. The molecule has 0 aliphatic heterocycles. The molecule has 0 aromatic rings. The van der Waals surface area contributed by atoms with Crippen molar-refractivity contribution in [2.45, 2.75) is 118 Å². The Kier molecular flexibility index (Phi) is 4.92. The van der Waals surface area contributed by atoms with Crippen LogP contribution in [0.5, 0.6) is 0 Å². The standard InChI is InChI=1S/C26H36F2O7/c1-21(35-20(30)22(2,27)28)17-3-15-4-18(21)10-25(7-15,9-17)33-11-19(29)34-26-8-16-5-23(31,13-26)12-24(32,6-16)14-26/h15-18,31-32H,3-14H2,1-2H3. The van der Waals surface area contributed by atoms with Gasteiger partial charge in [-0.2, -0.15) is 8.78 Å². The van der Waals surface area contributed by atoms with Crippen molar-refractivity contribution >= 4 is 11.9 Å². The van der Waals surface area contributed by atoms with Crippen LogP contribution < -0.4 is 0 Å². The molecule has 4 atom stereocenters. The van der Waals surface area contributed by atoms with Gasteiger partial charge in [-0.05, 0) is 70.1 Å². The van der Waals surface area contributed by atoms with E-state index in [1.54, 1.807) is 6.92 Å². The molecule has 4 unspecified atom stereocenters. The van der Waals surface area contributed by atoms with Crippen LogP contribution in [0, 0.1) is 23.7 Å². The van der Waals surface area contributed by atoms with E-state index < -0.39 is 45.9 Å². The molecular formula is C26H36F2O7. The van der Waals surface area contributed by atoms with Crippen molar-refractivity contribution in [1.82, 2.24) is 0 Å². The average Bonchev–Trinajstić information content (AvgIpc) is 2.66. The molecule has 9 heteroatoms. The summed E-state index contributed by atoms with van der Waals surface area (Å²) in [5.41, 5.74) is -4.30. The second-order valence-electron chi connectivity index (χ2n) is 13.4. The molecule has 0 aromatic carbocycles. The van der Waals surface area contributed by atoms with E-state index in [2.05, 4.69) is 0 Å². The first-order valence-corrected chi connectivity index (χ1v) is 13.0. The van der Waals surface area contributed by atoms with Crippen molar-refractivity contribution < 1.29 is 42.8 Å². The van der Waals surface area contributed by atoms with E-state index in [-0.39, 0.29) is 24.4 Å². The van der Waals surface area contributed by atoms with Crippen LogP contribution in [-0.4, -0.2) is 62.7 Å². The predicted octanol–water partition coefficient (Wildman–Crippen LogP) is 3.28. The van der Waals surface area contributed by atoms with Crippen LogP contribution in [0.25, 0.3) is 0 Å². The molecular weight excluding hydrogens is 462 g/mol. The topological polar surface area (TPSA) is 102 Å². The molecule has 2 N–H and O–H groups in total. The zero-order valence-electron chi connectivity index (χ0n) is 20.5. The van der Waals surface area contributed by atoms with Gasteiger partial charge >= 0.3 is 17.9 Å². The van der Waals surface area contributed by atoms with Crippen molar-refractivity contribution in [2.24, 2.45) is 23.7 Å². The summed E-state index contributed by atoms with van der Waals surface area (Å²) in [6.45, 7) is 2.11. The average molecular weight is 499 g/mol. The van der Waals surface area contributed by atoms with Crippen molar-refractivity contribution in [3.8, 4) is 0 Å². The first kappa shape index (κ1) is 24.0. The minimum Gasteiger partial charge on any atom is -0.457 e. The molecule has 0 saturated heterocycles. The van der Waals surface area contributed by atoms with E-state index >= 15 is 0 Å². The van der Waals surface area contributed by atoms with Gasteiger partial charge in [-0.3, -0.25) is 0 Å². The second-order valence-corrected chi connectivity index (χ2v) is 13.4. The van der Waals surface area contributed by atoms with Gasteiger partial charge in [-0.25, -0.2) is 9.59 Å². The quantitative estimate of drug-likeness (QED) is 0.542. The van der Waals surface area contributed by atoms with Crippen LogP contribution in [0.3, 0.4) is 0 Å². The van der Waals surface area contributed by atoms with Crippen LogP contribution >= 0.6 is 0 Å². The van der Waals surface area contributed by atoms with E-state index in [9.17, 15) is 28.6 Å². The molecule has 8 aliphatic carbocycles. The van der Waals surface area contributed by atoms with Crippen molar-refractivity contribution in [2.75, 3.05) is 6.61 Å². The summed E-state index contributed by atoms with van der Waals surface area (Å²) in [7, 11) is 0. The van der Waals surface area contributed by atoms with Crippen LogP contribution in [0.15, 0.2) is 0 Å². The van der Waals surface area contributed by atoms with E-state index in [1.807, 2.05) is 0 Å². The fourth-order valence-electron chi connectivity index (χ4n) is 9.59. The highest BCUT2D eigenvalue weighted by Crippen LogP contribution is 2.63. The number of alkyl halides is 2. The van der Waals surface area contributed by atoms with Gasteiger partial charge in [-0.15, -0.1) is 0 Å². The molecule has 8 bridgehead atoms. The first-order chi connectivity index (χ1) is 16.1. The zero-order valence-corrected chi connectivity index (χ0v) is 20.5. The van der Waals surface area contributed by atoms with Gasteiger partial charge in [0.1, 0.15) is 17.8 Å². The lowest BCUT2D eigenvalue weighted by Crippen LogP contribution is -2.67. The molecule has 8 aliphatic rings. The minimum absolute atomic E-state index is 0.0947. The Morgan fingerprint density at radius 2 is 1.43 bits per heavy atom. The Morgan fingerprint density at radius 1 is 0.857 bits per heavy atom. The third-order valence-corrected chi connectivity index (χ3v) is 10.2. The second kappa shape index (κ2) is 7.16. The van der Waals surface area contributed by atoms with E-state index in [4.69, 9.17) is 14.2 Å². The summed E-state index contributed by atoms with van der Waals surface area (Å²) >= 11 is 0. The molecule has 8 rings (SSSR count). The number of hydrogen-bond donors (Lipinski definition) is 2. The maximum absolute atomic E-state index is 13.6. The molecule has 0 aromatic heterocycles. The summed E-state index contributed by atoms with van der Waals surface area (Å²) < 4.78 is 44.8. The fraction of sp³-hybridized carbons (Fsp3) is 0.923. The minimum atomic E-state index is -3.53. The number of hydrogen-bond acceptors (Lipinski definition) is 7. The molecule has 8 saturated carbocycles. The van der Waals surface area contributed by atoms with E-state index in [0.717, 1.165) is 19.3 Å². The predicted molar refractivity (Wildman–Crippen MR) is 117 cm³/mol. The molecule has 0 amide bonds. The maximum atomic E-state index is 13.6. The van der Waals surface area contributed by atoms with E-state index in [0.29, 0.717) is 64.2 Å². The summed E-state index contributed by atoms with van der Waals surface area (Å²) in [5.74, 6) is -5.20. The monoisotopic (exact) mass is 498 g/mol. The maximum Gasteiger partial charge on any atom is 0.377 e. The van der Waals surface area contributed by atoms with Crippen LogP contribution in [0.4, 0.5) is 8.78 Å². The number of esters is 2. The summed E-state index contributed by atoms with van der Waals surface area (Å²) in [6.07, 6.45) is 6.50. The molecule has 35 heavy (non-hydrogen) atoms. The number of aliphatic hydroxyl groups is 2. The largest absolute Gasteiger partial charge is 0.457 e. The van der Waals surface area contributed by atoms with Crippen LogP contribution in [0.2, 0.25) is 0 Å². The lowest BCUT2D eigenvalue weighted by atomic mass is 9.48. The Labute approximate surface area is 203 Å². The third-order valence-electron chi connectivity index (χ3n) is 10.2. The first-order valence-electron chi connectivity index (χ1n) is 13.0. The number of halogens is 2. The number of ether oxygens (including phenoxy) is 3.